The fourth-order valence-electron chi connectivity index (χ4n) is 3.82. The predicted octanol–water partition coefficient (Wildman–Crippen LogP) is 1.10. The van der Waals surface area contributed by atoms with Crippen molar-refractivity contribution in [3.63, 3.8) is 0 Å². The van der Waals surface area contributed by atoms with Crippen LogP contribution in [0.2, 0.25) is 0 Å². The molecule has 3 rings (SSSR count). The van der Waals surface area contributed by atoms with Gasteiger partial charge in [0.15, 0.2) is 0 Å². The Kier molecular flexibility index (Phi) is 4.66. The number of esters is 1. The van der Waals surface area contributed by atoms with Crippen LogP contribution in [0.15, 0.2) is 30.3 Å². The molecule has 6 nitrogen and oxygen atoms in total. The van der Waals surface area contributed by atoms with E-state index >= 15 is 0 Å². The largest absolute Gasteiger partial charge is 0.468 e. The highest BCUT2D eigenvalue weighted by Crippen LogP contribution is 2.39. The second kappa shape index (κ2) is 6.73. The molecule has 0 aliphatic carbocycles. The first-order valence-corrected chi connectivity index (χ1v) is 8.31. The van der Waals surface area contributed by atoms with Crippen LogP contribution in [0.5, 0.6) is 0 Å². The molecule has 2 saturated heterocycles. The molecular weight excluding hydrogens is 308 g/mol. The van der Waals surface area contributed by atoms with Crippen molar-refractivity contribution >= 4 is 17.8 Å². The average Bonchev–Trinajstić information content (AvgIpc) is 3.08. The van der Waals surface area contributed by atoms with Gasteiger partial charge in [-0.3, -0.25) is 19.3 Å². The Morgan fingerprint density at radius 3 is 2.46 bits per heavy atom. The first-order chi connectivity index (χ1) is 11.6. The van der Waals surface area contributed by atoms with E-state index in [1.807, 2.05) is 37.3 Å². The van der Waals surface area contributed by atoms with Crippen LogP contribution >= 0.6 is 0 Å². The fourth-order valence-corrected chi connectivity index (χ4v) is 3.82. The molecule has 4 unspecified atom stereocenters. The molecule has 1 N–H and O–H groups in total. The lowest BCUT2D eigenvalue weighted by Gasteiger charge is -2.21. The van der Waals surface area contributed by atoms with Crippen molar-refractivity contribution in [2.75, 3.05) is 7.11 Å². The minimum atomic E-state index is -0.742. The molecule has 0 spiro atoms. The van der Waals surface area contributed by atoms with Crippen molar-refractivity contribution in [2.24, 2.45) is 11.8 Å². The number of benzene rings is 1. The van der Waals surface area contributed by atoms with Crippen LogP contribution in [0.1, 0.15) is 25.3 Å². The monoisotopic (exact) mass is 330 g/mol. The minimum Gasteiger partial charge on any atom is -0.468 e. The number of carbonyl (C=O) groups excluding carboxylic acids is 3. The number of carbonyl (C=O) groups is 3. The van der Waals surface area contributed by atoms with Gasteiger partial charge in [-0.1, -0.05) is 43.7 Å². The number of amides is 2. The van der Waals surface area contributed by atoms with Crippen LogP contribution in [0.25, 0.3) is 0 Å². The third kappa shape index (κ3) is 2.71. The van der Waals surface area contributed by atoms with Gasteiger partial charge in [-0.15, -0.1) is 0 Å². The summed E-state index contributed by atoms with van der Waals surface area (Å²) in [6, 6.07) is 8.50. The molecule has 2 aliphatic rings. The molecule has 2 fully saturated rings. The summed E-state index contributed by atoms with van der Waals surface area (Å²) in [4.78, 5) is 39.0. The van der Waals surface area contributed by atoms with E-state index < -0.39 is 23.8 Å². The van der Waals surface area contributed by atoms with Crippen LogP contribution in [0.3, 0.4) is 0 Å². The molecule has 6 heteroatoms. The molecule has 0 saturated carbocycles. The molecule has 0 bridgehead atoms. The normalized spacial score (nSPS) is 29.0. The maximum absolute atomic E-state index is 12.9. The van der Waals surface area contributed by atoms with Gasteiger partial charge in [-0.25, -0.2) is 0 Å². The Morgan fingerprint density at radius 1 is 1.17 bits per heavy atom. The topological polar surface area (TPSA) is 75.7 Å². The van der Waals surface area contributed by atoms with Gasteiger partial charge >= 0.3 is 5.97 Å². The van der Waals surface area contributed by atoms with Gasteiger partial charge in [0, 0.05) is 6.04 Å². The highest BCUT2D eigenvalue weighted by Gasteiger charge is 2.60. The number of rotatable bonds is 5. The smallest absolute Gasteiger partial charge is 0.323 e. The summed E-state index contributed by atoms with van der Waals surface area (Å²) < 4.78 is 4.82. The van der Waals surface area contributed by atoms with Crippen molar-refractivity contribution in [2.45, 2.75) is 38.4 Å². The zero-order chi connectivity index (χ0) is 17.3. The minimum absolute atomic E-state index is 0.165. The molecule has 2 amide bonds. The van der Waals surface area contributed by atoms with Crippen LogP contribution in [0, 0.1) is 11.8 Å². The highest BCUT2D eigenvalue weighted by atomic mass is 16.5. The van der Waals surface area contributed by atoms with Gasteiger partial charge in [0.25, 0.3) is 0 Å². The number of fused-ring (bicyclic) bond motifs is 1. The quantitative estimate of drug-likeness (QED) is 0.646. The van der Waals surface area contributed by atoms with Crippen LogP contribution in [0.4, 0.5) is 0 Å². The second-order valence-corrected chi connectivity index (χ2v) is 6.36. The molecule has 4 atom stereocenters. The Bertz CT molecular complexity index is 646. The lowest BCUT2D eigenvalue weighted by Crippen LogP contribution is -2.45. The van der Waals surface area contributed by atoms with Crippen LogP contribution < -0.4 is 5.32 Å². The van der Waals surface area contributed by atoms with Gasteiger partial charge < -0.3 is 10.1 Å². The van der Waals surface area contributed by atoms with Gasteiger partial charge in [0.05, 0.1) is 25.5 Å². The Morgan fingerprint density at radius 2 is 1.83 bits per heavy atom. The number of nitrogens with one attached hydrogen (secondary N) is 1. The third-order valence-electron chi connectivity index (χ3n) is 4.91. The standard InChI is InChI=1S/C18H22N2O4/c1-3-7-12-13-14(15(19-12)18(23)24-2)17(22)20(16(13)21)10-11-8-5-4-6-9-11/h4-6,8-9,12-15,19H,3,7,10H2,1-2H3. The summed E-state index contributed by atoms with van der Waals surface area (Å²) in [5, 5.41) is 3.15. The van der Waals surface area contributed by atoms with Crippen molar-refractivity contribution in [3.8, 4) is 0 Å². The van der Waals surface area contributed by atoms with Gasteiger partial charge in [0.2, 0.25) is 11.8 Å². The van der Waals surface area contributed by atoms with Crippen molar-refractivity contribution in [3.05, 3.63) is 35.9 Å². The number of imide groups is 1. The van der Waals surface area contributed by atoms with E-state index in [1.54, 1.807) is 0 Å². The molecule has 2 heterocycles. The first kappa shape index (κ1) is 16.6. The number of ether oxygens (including phenoxy) is 1. The van der Waals surface area contributed by atoms with Gasteiger partial charge in [-0.2, -0.15) is 0 Å². The molecule has 1 aromatic rings. The summed E-state index contributed by atoms with van der Waals surface area (Å²) >= 11 is 0. The van der Waals surface area contributed by atoms with Crippen molar-refractivity contribution in [1.29, 1.82) is 0 Å². The third-order valence-corrected chi connectivity index (χ3v) is 4.91. The van der Waals surface area contributed by atoms with E-state index in [4.69, 9.17) is 4.74 Å². The summed E-state index contributed by atoms with van der Waals surface area (Å²) in [5.74, 6) is -2.09. The summed E-state index contributed by atoms with van der Waals surface area (Å²) in [5.41, 5.74) is 0.897. The molecule has 128 valence electrons. The maximum Gasteiger partial charge on any atom is 0.323 e. The van der Waals surface area contributed by atoms with E-state index in [9.17, 15) is 14.4 Å². The number of methoxy groups -OCH3 is 1. The average molecular weight is 330 g/mol. The number of nitrogens with zero attached hydrogens (tertiary/aromatic N) is 1. The predicted molar refractivity (Wildman–Crippen MR) is 86.6 cm³/mol. The van der Waals surface area contributed by atoms with Crippen LogP contribution in [-0.2, 0) is 25.7 Å². The molecule has 0 radical (unpaired) electrons. The molecule has 24 heavy (non-hydrogen) atoms. The molecule has 0 aromatic heterocycles. The number of hydrogen-bond acceptors (Lipinski definition) is 5. The SMILES string of the molecule is CCCC1NC(C(=O)OC)C2C(=O)N(Cc3ccccc3)C(=O)C12. The fraction of sp³-hybridized carbons (Fsp3) is 0.500. The van der Waals surface area contributed by atoms with Gasteiger partial charge in [-0.05, 0) is 12.0 Å². The van der Waals surface area contributed by atoms with E-state index in [0.29, 0.717) is 0 Å². The zero-order valence-electron chi connectivity index (χ0n) is 13.9. The molecular formula is C18H22N2O4. The summed E-state index contributed by atoms with van der Waals surface area (Å²) in [7, 11) is 1.30. The number of likely N-dealkylation sites (tertiary alicyclic amines) is 1. The van der Waals surface area contributed by atoms with Crippen LogP contribution in [-0.4, -0.2) is 41.9 Å². The Balaban J connectivity index is 1.87. The van der Waals surface area contributed by atoms with Gasteiger partial charge in [0.1, 0.15) is 6.04 Å². The van der Waals surface area contributed by atoms with E-state index in [1.165, 1.54) is 12.0 Å². The Labute approximate surface area is 141 Å². The van der Waals surface area contributed by atoms with Crippen molar-refractivity contribution < 1.29 is 19.1 Å². The first-order valence-electron chi connectivity index (χ1n) is 8.31. The second-order valence-electron chi connectivity index (χ2n) is 6.36. The maximum atomic E-state index is 12.9. The van der Waals surface area contributed by atoms with E-state index in [0.717, 1.165) is 18.4 Å². The van der Waals surface area contributed by atoms with E-state index in [2.05, 4.69) is 5.32 Å². The number of hydrogen-bond donors (Lipinski definition) is 1. The zero-order valence-corrected chi connectivity index (χ0v) is 13.9. The summed E-state index contributed by atoms with van der Waals surface area (Å²) in [6.45, 7) is 2.27. The highest BCUT2D eigenvalue weighted by molar-refractivity contribution is 6.08. The lowest BCUT2D eigenvalue weighted by atomic mass is 9.88. The molecule has 1 aromatic carbocycles. The van der Waals surface area contributed by atoms with Crippen molar-refractivity contribution in [1.82, 2.24) is 10.2 Å². The Hall–Kier alpha value is -2.21. The van der Waals surface area contributed by atoms with E-state index in [-0.39, 0.29) is 24.4 Å². The molecule has 2 aliphatic heterocycles. The lowest BCUT2D eigenvalue weighted by molar-refractivity contribution is -0.148. The summed E-state index contributed by atoms with van der Waals surface area (Å²) in [6.07, 6.45) is 1.61.